The normalized spacial score (nSPS) is 12.1. The largest absolute Gasteiger partial charge is 0.466 e. The van der Waals surface area contributed by atoms with Crippen LogP contribution in [-0.4, -0.2) is 21.3 Å². The molecule has 0 aromatic heterocycles. The molecule has 0 saturated heterocycles. The summed E-state index contributed by atoms with van der Waals surface area (Å²) in [6.07, 6.45) is 0.187. The summed E-state index contributed by atoms with van der Waals surface area (Å²) < 4.78 is 24.2. The molecule has 1 atom stereocenters. The number of carbonyl (C=O) groups excluding carboxylic acids is 1. The standard InChI is InChI=1S/C10H12O4S/c1-2-14-10(11)7-8-3-5-9(6-4-8)15(12)13/h3-6H,2,7H2,1H3,(H,12,13). The number of ether oxygens (including phenoxy) is 1. The van der Waals surface area contributed by atoms with Gasteiger partial charge in [0.2, 0.25) is 0 Å². The molecule has 0 bridgehead atoms. The maximum absolute atomic E-state index is 11.1. The predicted molar refractivity (Wildman–Crippen MR) is 55.8 cm³/mol. The zero-order valence-corrected chi connectivity index (χ0v) is 9.12. The van der Waals surface area contributed by atoms with E-state index in [1.807, 2.05) is 0 Å². The van der Waals surface area contributed by atoms with Crippen LogP contribution < -0.4 is 0 Å². The van der Waals surface area contributed by atoms with Crippen LogP contribution in [0.1, 0.15) is 12.5 Å². The van der Waals surface area contributed by atoms with Gasteiger partial charge in [0, 0.05) is 0 Å². The van der Waals surface area contributed by atoms with Crippen molar-refractivity contribution in [2.24, 2.45) is 0 Å². The zero-order chi connectivity index (χ0) is 11.3. The molecule has 1 unspecified atom stereocenters. The third-order valence-electron chi connectivity index (χ3n) is 1.78. The van der Waals surface area contributed by atoms with E-state index in [9.17, 15) is 9.00 Å². The summed E-state index contributed by atoms with van der Waals surface area (Å²) in [5.74, 6) is -0.296. The van der Waals surface area contributed by atoms with Crippen molar-refractivity contribution in [3.05, 3.63) is 29.8 Å². The maximum atomic E-state index is 11.1. The third-order valence-corrected chi connectivity index (χ3v) is 2.45. The average molecular weight is 228 g/mol. The highest BCUT2D eigenvalue weighted by molar-refractivity contribution is 7.79. The van der Waals surface area contributed by atoms with E-state index in [1.165, 1.54) is 12.1 Å². The predicted octanol–water partition coefficient (Wildman–Crippen LogP) is 1.37. The molecular formula is C10H12O4S. The quantitative estimate of drug-likeness (QED) is 0.624. The minimum absolute atomic E-state index is 0.187. The minimum Gasteiger partial charge on any atom is -0.466 e. The molecule has 0 fully saturated rings. The van der Waals surface area contributed by atoms with Gasteiger partial charge in [0.25, 0.3) is 0 Å². The molecule has 1 aromatic carbocycles. The summed E-state index contributed by atoms with van der Waals surface area (Å²) in [5, 5.41) is 0. The van der Waals surface area contributed by atoms with Crippen molar-refractivity contribution in [1.29, 1.82) is 0 Å². The van der Waals surface area contributed by atoms with E-state index < -0.39 is 11.1 Å². The first-order valence-corrected chi connectivity index (χ1v) is 5.59. The zero-order valence-electron chi connectivity index (χ0n) is 8.30. The van der Waals surface area contributed by atoms with Gasteiger partial charge in [-0.05, 0) is 24.6 Å². The van der Waals surface area contributed by atoms with Crippen molar-refractivity contribution >= 4 is 17.0 Å². The smallest absolute Gasteiger partial charge is 0.310 e. The number of hydrogen-bond donors (Lipinski definition) is 1. The van der Waals surface area contributed by atoms with Gasteiger partial charge >= 0.3 is 5.97 Å². The van der Waals surface area contributed by atoms with Gasteiger partial charge in [-0.15, -0.1) is 0 Å². The van der Waals surface area contributed by atoms with Crippen LogP contribution >= 0.6 is 0 Å². The number of carbonyl (C=O) groups is 1. The summed E-state index contributed by atoms with van der Waals surface area (Å²) >= 11 is -1.97. The van der Waals surface area contributed by atoms with Crippen molar-refractivity contribution in [2.45, 2.75) is 18.2 Å². The Kier molecular flexibility index (Phi) is 4.45. The second-order valence-electron chi connectivity index (χ2n) is 2.87. The Labute approximate surface area is 90.5 Å². The molecule has 15 heavy (non-hydrogen) atoms. The van der Waals surface area contributed by atoms with Gasteiger partial charge in [-0.3, -0.25) is 4.79 Å². The molecule has 1 aromatic rings. The van der Waals surface area contributed by atoms with Crippen LogP contribution in [0.15, 0.2) is 29.2 Å². The van der Waals surface area contributed by atoms with Crippen LogP contribution in [0.5, 0.6) is 0 Å². The Hall–Kier alpha value is -1.20. The number of esters is 1. The topological polar surface area (TPSA) is 63.6 Å². The molecular weight excluding hydrogens is 216 g/mol. The summed E-state index contributed by atoms with van der Waals surface area (Å²) in [4.78, 5) is 11.4. The fourth-order valence-electron chi connectivity index (χ4n) is 1.10. The van der Waals surface area contributed by atoms with Gasteiger partial charge in [-0.2, -0.15) is 0 Å². The molecule has 5 heteroatoms. The Morgan fingerprint density at radius 2 is 2.00 bits per heavy atom. The minimum atomic E-state index is -1.97. The fraction of sp³-hybridized carbons (Fsp3) is 0.300. The van der Waals surface area contributed by atoms with Crippen LogP contribution in [0.3, 0.4) is 0 Å². The van der Waals surface area contributed by atoms with Gasteiger partial charge in [0.15, 0.2) is 11.1 Å². The van der Waals surface area contributed by atoms with E-state index in [-0.39, 0.29) is 12.4 Å². The third kappa shape index (κ3) is 3.81. The van der Waals surface area contributed by atoms with Gasteiger partial charge in [-0.1, -0.05) is 12.1 Å². The summed E-state index contributed by atoms with van der Waals surface area (Å²) in [6, 6.07) is 6.32. The van der Waals surface area contributed by atoms with E-state index in [2.05, 4.69) is 0 Å². The highest BCUT2D eigenvalue weighted by Crippen LogP contribution is 2.08. The molecule has 0 spiro atoms. The molecule has 82 valence electrons. The Bertz CT molecular complexity index is 358. The Morgan fingerprint density at radius 1 is 1.40 bits per heavy atom. The molecule has 1 N–H and O–H groups in total. The summed E-state index contributed by atoms with van der Waals surface area (Å²) in [6.45, 7) is 2.10. The molecule has 0 heterocycles. The number of benzene rings is 1. The highest BCUT2D eigenvalue weighted by Gasteiger charge is 2.04. The van der Waals surface area contributed by atoms with Crippen molar-refractivity contribution in [1.82, 2.24) is 0 Å². The summed E-state index contributed by atoms with van der Waals surface area (Å²) in [7, 11) is 0. The van der Waals surface area contributed by atoms with E-state index >= 15 is 0 Å². The van der Waals surface area contributed by atoms with Crippen LogP contribution in [0.25, 0.3) is 0 Å². The highest BCUT2D eigenvalue weighted by atomic mass is 32.2. The first-order valence-electron chi connectivity index (χ1n) is 4.49. The Balaban J connectivity index is 2.64. The number of hydrogen-bond acceptors (Lipinski definition) is 3. The molecule has 0 radical (unpaired) electrons. The fourth-order valence-corrected chi connectivity index (χ4v) is 1.47. The number of rotatable bonds is 4. The van der Waals surface area contributed by atoms with Gasteiger partial charge in [0.1, 0.15) is 0 Å². The van der Waals surface area contributed by atoms with Gasteiger partial charge < -0.3 is 9.29 Å². The molecule has 0 aliphatic carbocycles. The van der Waals surface area contributed by atoms with Crippen molar-refractivity contribution in [3.63, 3.8) is 0 Å². The van der Waals surface area contributed by atoms with Crippen LogP contribution in [0.2, 0.25) is 0 Å². The maximum Gasteiger partial charge on any atom is 0.310 e. The van der Waals surface area contributed by atoms with Gasteiger partial charge in [0.05, 0.1) is 17.9 Å². The van der Waals surface area contributed by atoms with Crippen LogP contribution in [-0.2, 0) is 27.0 Å². The van der Waals surface area contributed by atoms with Crippen molar-refractivity contribution < 1.29 is 18.3 Å². The molecule has 0 aliphatic rings. The van der Waals surface area contributed by atoms with Crippen LogP contribution in [0, 0.1) is 0 Å². The van der Waals surface area contributed by atoms with Crippen molar-refractivity contribution in [3.8, 4) is 0 Å². The molecule has 0 aliphatic heterocycles. The second-order valence-corrected chi connectivity index (χ2v) is 3.84. The molecule has 0 saturated carbocycles. The molecule has 4 nitrogen and oxygen atoms in total. The first-order chi connectivity index (χ1) is 7.13. The van der Waals surface area contributed by atoms with E-state index in [1.54, 1.807) is 19.1 Å². The van der Waals surface area contributed by atoms with E-state index in [0.717, 1.165) is 5.56 Å². The van der Waals surface area contributed by atoms with E-state index in [4.69, 9.17) is 9.29 Å². The first kappa shape index (κ1) is 11.9. The van der Waals surface area contributed by atoms with E-state index in [0.29, 0.717) is 11.5 Å². The second kappa shape index (κ2) is 5.63. The monoisotopic (exact) mass is 228 g/mol. The van der Waals surface area contributed by atoms with Gasteiger partial charge in [-0.25, -0.2) is 4.21 Å². The lowest BCUT2D eigenvalue weighted by molar-refractivity contribution is -0.142. The molecule has 0 amide bonds. The van der Waals surface area contributed by atoms with Crippen LogP contribution in [0.4, 0.5) is 0 Å². The average Bonchev–Trinajstić information content (AvgIpc) is 2.18. The summed E-state index contributed by atoms with van der Waals surface area (Å²) in [5.41, 5.74) is 0.766. The lowest BCUT2D eigenvalue weighted by Crippen LogP contribution is -2.07. The Morgan fingerprint density at radius 3 is 2.47 bits per heavy atom. The van der Waals surface area contributed by atoms with Crippen molar-refractivity contribution in [2.75, 3.05) is 6.61 Å². The SMILES string of the molecule is CCOC(=O)Cc1ccc(S(=O)O)cc1. The molecule has 1 rings (SSSR count). The lowest BCUT2D eigenvalue weighted by atomic mass is 10.1. The lowest BCUT2D eigenvalue weighted by Gasteiger charge is -2.02.